The predicted octanol–water partition coefficient (Wildman–Crippen LogP) is 7.04. The Morgan fingerprint density at radius 2 is 1.70 bits per heavy atom. The van der Waals surface area contributed by atoms with E-state index < -0.39 is 55.7 Å². The van der Waals surface area contributed by atoms with Crippen LogP contribution >= 0.6 is 0 Å². The van der Waals surface area contributed by atoms with E-state index in [-0.39, 0.29) is 18.7 Å². The van der Waals surface area contributed by atoms with E-state index >= 15 is 4.39 Å². The molecule has 1 unspecified atom stereocenters. The van der Waals surface area contributed by atoms with Crippen molar-refractivity contribution in [3.05, 3.63) is 95.6 Å². The van der Waals surface area contributed by atoms with E-state index in [1.807, 2.05) is 39.0 Å². The van der Waals surface area contributed by atoms with Crippen molar-refractivity contribution in [2.45, 2.75) is 100 Å². The van der Waals surface area contributed by atoms with Gasteiger partial charge in [0.05, 0.1) is 12.2 Å². The van der Waals surface area contributed by atoms with Crippen LogP contribution in [0.15, 0.2) is 73.1 Å². The average Bonchev–Trinajstić information content (AvgIpc) is 3.77. The van der Waals surface area contributed by atoms with Gasteiger partial charge in [-0.3, -0.25) is 14.7 Å². The van der Waals surface area contributed by atoms with Crippen LogP contribution in [-0.4, -0.2) is 54.5 Å². The highest BCUT2D eigenvalue weighted by Crippen LogP contribution is 2.50. The number of rotatable bonds is 9. The normalized spacial score (nSPS) is 22.0. The van der Waals surface area contributed by atoms with Crippen LogP contribution in [0.25, 0.3) is 0 Å². The van der Waals surface area contributed by atoms with Crippen molar-refractivity contribution in [3.63, 3.8) is 0 Å². The lowest BCUT2D eigenvalue weighted by molar-refractivity contribution is -0.120. The van der Waals surface area contributed by atoms with Gasteiger partial charge >= 0.3 is 6.09 Å². The highest BCUT2D eigenvalue weighted by Gasteiger charge is 2.53. The van der Waals surface area contributed by atoms with E-state index in [0.29, 0.717) is 23.5 Å². The Bertz CT molecular complexity index is 1570. The third kappa shape index (κ3) is 7.66. The molecule has 2 fully saturated rings. The summed E-state index contributed by atoms with van der Waals surface area (Å²) in [6.45, 7) is 10.8. The molecule has 1 saturated carbocycles. The molecular formula is C37H46FN3O5S. The Kier molecular flexibility index (Phi) is 9.79. The molecule has 8 nitrogen and oxygen atoms in total. The predicted molar refractivity (Wildman–Crippen MR) is 182 cm³/mol. The molecule has 3 aromatic rings. The molecule has 5 rings (SSSR count). The Balaban J connectivity index is 1.53. The first-order valence-corrected chi connectivity index (χ1v) is 17.4. The number of ether oxygens (including phenoxy) is 1. The topological polar surface area (TPSA) is 115 Å². The molecule has 2 amide bonds. The molecule has 0 bridgehead atoms. The van der Waals surface area contributed by atoms with Gasteiger partial charge in [0.1, 0.15) is 27.8 Å². The number of hydrogen-bond donors (Lipinski definition) is 2. The summed E-state index contributed by atoms with van der Waals surface area (Å²) in [7, 11) is 0. The zero-order valence-corrected chi connectivity index (χ0v) is 28.9. The lowest BCUT2D eigenvalue weighted by Crippen LogP contribution is -2.47. The van der Waals surface area contributed by atoms with Gasteiger partial charge in [-0.2, -0.15) is 0 Å². The standard InChI is InChI=1S/C37H46FN3O5S/c1-34(2,3)46-33(43)41-24-36(44,26-10-8-7-9-11-26)23-31(41)32(42)40-30-22-28(14-15-29(30)38)37(19-16-25-12-13-25,47(45)35(4,5)6)27-17-20-39-21-18-27/h7-11,14-15,17-18,20-22,25,31,44H,12-13,16,19,23-24H2,1-6H3,(H,40,42)/t31-,36-,37?,47-/m1/s1. The first-order valence-electron chi connectivity index (χ1n) is 16.2. The summed E-state index contributed by atoms with van der Waals surface area (Å²) < 4.78 is 34.2. The average molecular weight is 664 g/mol. The first-order chi connectivity index (χ1) is 22.0. The summed E-state index contributed by atoms with van der Waals surface area (Å²) in [6, 6.07) is 15.9. The van der Waals surface area contributed by atoms with Crippen LogP contribution in [-0.2, 0) is 31.1 Å². The van der Waals surface area contributed by atoms with Gasteiger partial charge in [-0.05, 0) is 94.9 Å². The van der Waals surface area contributed by atoms with E-state index in [1.165, 1.54) is 11.0 Å². The zero-order chi connectivity index (χ0) is 34.2. The molecule has 2 aliphatic rings. The van der Waals surface area contributed by atoms with E-state index in [4.69, 9.17) is 4.74 Å². The highest BCUT2D eigenvalue weighted by atomic mass is 32.2. The molecule has 0 spiro atoms. The maximum atomic E-state index is 15.6. The number of nitrogens with one attached hydrogen (secondary N) is 1. The number of aromatic nitrogens is 1. The summed E-state index contributed by atoms with van der Waals surface area (Å²) >= 11 is -1.47. The zero-order valence-electron chi connectivity index (χ0n) is 28.1. The Morgan fingerprint density at radius 3 is 2.30 bits per heavy atom. The monoisotopic (exact) mass is 663 g/mol. The molecule has 1 saturated heterocycles. The summed E-state index contributed by atoms with van der Waals surface area (Å²) in [5.41, 5.74) is -0.479. The van der Waals surface area contributed by atoms with Crippen molar-refractivity contribution in [2.24, 2.45) is 5.92 Å². The van der Waals surface area contributed by atoms with Crippen molar-refractivity contribution in [1.29, 1.82) is 0 Å². The number of hydrogen-bond acceptors (Lipinski definition) is 6. The van der Waals surface area contributed by atoms with Crippen molar-refractivity contribution in [3.8, 4) is 0 Å². The van der Waals surface area contributed by atoms with Gasteiger partial charge in [0.2, 0.25) is 5.91 Å². The van der Waals surface area contributed by atoms with Crippen LogP contribution in [0.1, 0.15) is 90.3 Å². The number of pyridine rings is 1. The maximum Gasteiger partial charge on any atom is 0.411 e. The molecule has 0 radical (unpaired) electrons. The van der Waals surface area contributed by atoms with Crippen LogP contribution in [0.4, 0.5) is 14.9 Å². The fraction of sp³-hybridized carbons (Fsp3) is 0.486. The maximum absolute atomic E-state index is 15.6. The molecule has 10 heteroatoms. The van der Waals surface area contributed by atoms with Crippen LogP contribution in [0.3, 0.4) is 0 Å². The van der Waals surface area contributed by atoms with E-state index in [2.05, 4.69) is 10.3 Å². The molecule has 252 valence electrons. The SMILES string of the molecule is CC(C)(C)OC(=O)N1C[C@@](O)(c2ccccc2)C[C@@H]1C(=O)Nc1cc(C(CCC2CC2)(c2ccncc2)[S@+]([O-])C(C)(C)C)ccc1F. The second kappa shape index (κ2) is 13.2. The summed E-state index contributed by atoms with van der Waals surface area (Å²) in [6.07, 6.45) is 6.17. The number of likely N-dealkylation sites (tertiary alicyclic amines) is 1. The quantitative estimate of drug-likeness (QED) is 0.238. The molecule has 2 heterocycles. The number of halogens is 1. The largest absolute Gasteiger partial charge is 0.615 e. The molecule has 47 heavy (non-hydrogen) atoms. The van der Waals surface area contributed by atoms with Gasteiger partial charge in [-0.25, -0.2) is 9.18 Å². The number of nitrogens with zero attached hydrogens (tertiary/aromatic N) is 2. The smallest absolute Gasteiger partial charge is 0.411 e. The molecular weight excluding hydrogens is 617 g/mol. The lowest BCUT2D eigenvalue weighted by Gasteiger charge is -2.42. The van der Waals surface area contributed by atoms with Crippen LogP contribution in [0.2, 0.25) is 0 Å². The minimum atomic E-state index is -1.52. The van der Waals surface area contributed by atoms with Gasteiger partial charge in [0, 0.05) is 36.4 Å². The Labute approximate surface area is 280 Å². The minimum absolute atomic E-state index is 0.0949. The van der Waals surface area contributed by atoms with Crippen molar-refractivity contribution < 1.29 is 28.4 Å². The van der Waals surface area contributed by atoms with Crippen molar-refractivity contribution in [1.82, 2.24) is 9.88 Å². The Morgan fingerprint density at radius 1 is 1.04 bits per heavy atom. The fourth-order valence-corrected chi connectivity index (χ4v) is 8.44. The number of β-amino-alcohol motifs (C(OH)–C–C–N with tert-alkyl or cyclic N) is 1. The molecule has 4 atom stereocenters. The number of carbonyl (C=O) groups is 2. The lowest BCUT2D eigenvalue weighted by atomic mass is 9.85. The molecule has 2 aromatic carbocycles. The number of benzene rings is 2. The number of carbonyl (C=O) groups excluding carboxylic acids is 2. The second-order valence-electron chi connectivity index (χ2n) is 14.8. The van der Waals surface area contributed by atoms with E-state index in [9.17, 15) is 19.2 Å². The van der Waals surface area contributed by atoms with Crippen LogP contribution < -0.4 is 5.32 Å². The number of amides is 2. The van der Waals surface area contributed by atoms with Gasteiger partial charge in [-0.1, -0.05) is 49.2 Å². The van der Waals surface area contributed by atoms with E-state index in [1.54, 1.807) is 69.6 Å². The highest BCUT2D eigenvalue weighted by molar-refractivity contribution is 7.93. The summed E-state index contributed by atoms with van der Waals surface area (Å²) in [5, 5.41) is 14.4. The Hall–Kier alpha value is -3.47. The van der Waals surface area contributed by atoms with Gasteiger partial charge in [0.25, 0.3) is 0 Å². The van der Waals surface area contributed by atoms with Crippen LogP contribution in [0.5, 0.6) is 0 Å². The van der Waals surface area contributed by atoms with Gasteiger partial charge in [0.15, 0.2) is 4.75 Å². The fourth-order valence-electron chi connectivity index (χ4n) is 6.40. The summed E-state index contributed by atoms with van der Waals surface area (Å²) in [4.78, 5) is 32.8. The third-order valence-electron chi connectivity index (χ3n) is 8.89. The third-order valence-corrected chi connectivity index (χ3v) is 11.3. The minimum Gasteiger partial charge on any atom is -0.615 e. The second-order valence-corrected chi connectivity index (χ2v) is 17.3. The van der Waals surface area contributed by atoms with Gasteiger partial charge < -0.3 is 19.7 Å². The van der Waals surface area contributed by atoms with Crippen molar-refractivity contribution in [2.75, 3.05) is 11.9 Å². The first kappa shape index (κ1) is 34.9. The molecule has 1 aliphatic carbocycles. The molecule has 2 N–H and O–H groups in total. The van der Waals surface area contributed by atoms with Crippen LogP contribution in [0, 0.1) is 11.7 Å². The number of anilines is 1. The van der Waals surface area contributed by atoms with Gasteiger partial charge in [-0.15, -0.1) is 0 Å². The molecule has 1 aliphatic heterocycles. The summed E-state index contributed by atoms with van der Waals surface area (Å²) in [5.74, 6) is -0.782. The number of aliphatic hydroxyl groups is 1. The van der Waals surface area contributed by atoms with E-state index in [0.717, 1.165) is 24.8 Å². The molecule has 1 aromatic heterocycles. The van der Waals surface area contributed by atoms with Crippen molar-refractivity contribution >= 4 is 28.9 Å².